The van der Waals surface area contributed by atoms with Crippen molar-refractivity contribution < 1.29 is 9.53 Å². The molecule has 156 valence electrons. The molecule has 0 bridgehead atoms. The van der Waals surface area contributed by atoms with Crippen molar-refractivity contribution in [2.24, 2.45) is 0 Å². The third kappa shape index (κ3) is 4.48. The first kappa shape index (κ1) is 20.4. The van der Waals surface area contributed by atoms with Gasteiger partial charge in [-0.2, -0.15) is 0 Å². The first-order valence-corrected chi connectivity index (χ1v) is 10.7. The van der Waals surface area contributed by atoms with E-state index in [2.05, 4.69) is 61.5 Å². The van der Waals surface area contributed by atoms with E-state index in [9.17, 15) is 4.79 Å². The second-order valence-electron chi connectivity index (χ2n) is 9.22. The van der Waals surface area contributed by atoms with Crippen molar-refractivity contribution in [1.29, 1.82) is 0 Å². The number of piperidine rings is 1. The van der Waals surface area contributed by atoms with Crippen LogP contribution in [0.15, 0.2) is 54.6 Å². The number of amides is 1. The Morgan fingerprint density at radius 3 is 2.37 bits per heavy atom. The van der Waals surface area contributed by atoms with E-state index in [4.69, 9.17) is 9.72 Å². The minimum absolute atomic E-state index is 0.215. The molecule has 1 saturated heterocycles. The molecule has 1 aliphatic heterocycles. The lowest BCUT2D eigenvalue weighted by Gasteiger charge is -2.33. The second-order valence-corrected chi connectivity index (χ2v) is 9.22. The second kappa shape index (κ2) is 8.10. The molecule has 2 aromatic carbocycles. The number of fused-ring (bicyclic) bond motifs is 1. The highest BCUT2D eigenvalue weighted by molar-refractivity contribution is 5.95. The van der Waals surface area contributed by atoms with Crippen LogP contribution in [0, 0.1) is 6.92 Å². The predicted octanol–water partition coefficient (Wildman–Crippen LogP) is 6.32. The van der Waals surface area contributed by atoms with E-state index in [0.717, 1.165) is 29.8 Å². The molecule has 0 spiro atoms. The largest absolute Gasteiger partial charge is 0.444 e. The Hall–Kier alpha value is -2.88. The number of hydrogen-bond acceptors (Lipinski definition) is 3. The molecule has 0 radical (unpaired) electrons. The van der Waals surface area contributed by atoms with E-state index in [1.165, 1.54) is 16.3 Å². The number of likely N-dealkylation sites (tertiary alicyclic amines) is 1. The van der Waals surface area contributed by atoms with Gasteiger partial charge in [-0.05, 0) is 52.0 Å². The minimum atomic E-state index is -0.462. The molecule has 0 saturated carbocycles. The Morgan fingerprint density at radius 2 is 1.70 bits per heavy atom. The van der Waals surface area contributed by atoms with Crippen molar-refractivity contribution in [2.75, 3.05) is 13.1 Å². The topological polar surface area (TPSA) is 42.4 Å². The van der Waals surface area contributed by atoms with Crippen molar-refractivity contribution in [3.8, 4) is 11.3 Å². The zero-order valence-corrected chi connectivity index (χ0v) is 18.3. The van der Waals surface area contributed by atoms with Gasteiger partial charge >= 0.3 is 6.09 Å². The molecule has 0 atom stereocenters. The number of ether oxygens (including phenoxy) is 1. The highest BCUT2D eigenvalue weighted by atomic mass is 16.6. The van der Waals surface area contributed by atoms with Crippen molar-refractivity contribution in [3.05, 3.63) is 65.9 Å². The Kier molecular flexibility index (Phi) is 5.50. The van der Waals surface area contributed by atoms with Crippen LogP contribution >= 0.6 is 0 Å². The molecule has 0 N–H and O–H groups in total. The summed E-state index contributed by atoms with van der Waals surface area (Å²) in [6, 6.07) is 19.3. The summed E-state index contributed by atoms with van der Waals surface area (Å²) in [7, 11) is 0. The summed E-state index contributed by atoms with van der Waals surface area (Å²) in [5.74, 6) is 0.345. The molecule has 1 aromatic heterocycles. The quantitative estimate of drug-likeness (QED) is 0.503. The number of hydrogen-bond donors (Lipinski definition) is 0. The van der Waals surface area contributed by atoms with Gasteiger partial charge in [0, 0.05) is 35.7 Å². The van der Waals surface area contributed by atoms with Gasteiger partial charge in [0.15, 0.2) is 0 Å². The van der Waals surface area contributed by atoms with Crippen LogP contribution in [0.5, 0.6) is 0 Å². The molecule has 4 rings (SSSR count). The number of benzene rings is 2. The molecule has 1 amide bonds. The monoisotopic (exact) mass is 402 g/mol. The van der Waals surface area contributed by atoms with Gasteiger partial charge in [0.1, 0.15) is 5.60 Å². The van der Waals surface area contributed by atoms with E-state index < -0.39 is 5.60 Å². The molecule has 1 fully saturated rings. The highest BCUT2D eigenvalue weighted by Gasteiger charge is 2.28. The van der Waals surface area contributed by atoms with Gasteiger partial charge in [-0.1, -0.05) is 54.1 Å². The van der Waals surface area contributed by atoms with Gasteiger partial charge in [-0.15, -0.1) is 0 Å². The standard InChI is InChI=1S/C26H30N2O2/c1-18-9-11-20(12-10-18)24-22-8-6-5-7-21(22)17-23(27-24)19-13-15-28(16-14-19)25(29)30-26(2,3)4/h5-12,17,19H,13-16H2,1-4H3. The molecule has 4 nitrogen and oxygen atoms in total. The molecule has 2 heterocycles. The average molecular weight is 403 g/mol. The van der Waals surface area contributed by atoms with Crippen molar-refractivity contribution in [2.45, 2.75) is 52.1 Å². The predicted molar refractivity (Wildman–Crippen MR) is 122 cm³/mol. The Balaban J connectivity index is 1.60. The third-order valence-electron chi connectivity index (χ3n) is 5.65. The molecule has 0 unspecified atom stereocenters. The number of carbonyl (C=O) groups excluding carboxylic acids is 1. The SMILES string of the molecule is Cc1ccc(-c2nc(C3CCN(C(=O)OC(C)(C)C)CC3)cc3ccccc23)cc1. The van der Waals surface area contributed by atoms with Crippen LogP contribution in [0.3, 0.4) is 0 Å². The van der Waals surface area contributed by atoms with Crippen LogP contribution in [0.25, 0.3) is 22.0 Å². The van der Waals surface area contributed by atoms with E-state index in [-0.39, 0.29) is 6.09 Å². The van der Waals surface area contributed by atoms with Crippen molar-refractivity contribution in [3.63, 3.8) is 0 Å². The van der Waals surface area contributed by atoms with Gasteiger partial charge in [0.05, 0.1) is 5.69 Å². The van der Waals surface area contributed by atoms with Gasteiger partial charge in [-0.25, -0.2) is 4.79 Å². The van der Waals surface area contributed by atoms with Crippen molar-refractivity contribution in [1.82, 2.24) is 9.88 Å². The number of rotatable bonds is 2. The Morgan fingerprint density at radius 1 is 1.03 bits per heavy atom. The lowest BCUT2D eigenvalue weighted by molar-refractivity contribution is 0.0204. The summed E-state index contributed by atoms with van der Waals surface area (Å²) in [6.07, 6.45) is 1.59. The fraction of sp³-hybridized carbons (Fsp3) is 0.385. The number of aromatic nitrogens is 1. The minimum Gasteiger partial charge on any atom is -0.444 e. The number of pyridine rings is 1. The number of nitrogens with zero attached hydrogens (tertiary/aromatic N) is 2. The third-order valence-corrected chi connectivity index (χ3v) is 5.65. The molecule has 0 aliphatic carbocycles. The van der Waals surface area contributed by atoms with Crippen LogP contribution in [-0.4, -0.2) is 34.7 Å². The lowest BCUT2D eigenvalue weighted by atomic mass is 9.91. The molecule has 3 aromatic rings. The van der Waals surface area contributed by atoms with Crippen LogP contribution in [0.1, 0.15) is 50.8 Å². The van der Waals surface area contributed by atoms with Gasteiger partial charge < -0.3 is 9.64 Å². The Bertz CT molecular complexity index is 1040. The van der Waals surface area contributed by atoms with Crippen LogP contribution in [0.4, 0.5) is 4.79 Å². The smallest absolute Gasteiger partial charge is 0.410 e. The van der Waals surface area contributed by atoms with E-state index in [1.807, 2.05) is 25.7 Å². The number of carbonyl (C=O) groups is 1. The zero-order valence-electron chi connectivity index (χ0n) is 18.3. The molecule has 4 heteroatoms. The van der Waals surface area contributed by atoms with E-state index in [0.29, 0.717) is 19.0 Å². The normalized spacial score (nSPS) is 15.4. The highest BCUT2D eigenvalue weighted by Crippen LogP contribution is 2.34. The number of aryl methyl sites for hydroxylation is 1. The van der Waals surface area contributed by atoms with Gasteiger partial charge in [-0.3, -0.25) is 4.98 Å². The summed E-state index contributed by atoms with van der Waals surface area (Å²) in [4.78, 5) is 19.3. The average Bonchev–Trinajstić information content (AvgIpc) is 2.72. The summed E-state index contributed by atoms with van der Waals surface area (Å²) in [5.41, 5.74) is 4.08. The molecule has 30 heavy (non-hydrogen) atoms. The first-order valence-electron chi connectivity index (χ1n) is 10.7. The van der Waals surface area contributed by atoms with Gasteiger partial charge in [0.2, 0.25) is 0 Å². The van der Waals surface area contributed by atoms with Crippen molar-refractivity contribution >= 4 is 16.9 Å². The fourth-order valence-corrected chi connectivity index (χ4v) is 4.04. The maximum absolute atomic E-state index is 12.4. The van der Waals surface area contributed by atoms with E-state index >= 15 is 0 Å². The summed E-state index contributed by atoms with van der Waals surface area (Å²) < 4.78 is 5.53. The van der Waals surface area contributed by atoms with Crippen LogP contribution in [-0.2, 0) is 4.74 Å². The lowest BCUT2D eigenvalue weighted by Crippen LogP contribution is -2.41. The molecule has 1 aliphatic rings. The fourth-order valence-electron chi connectivity index (χ4n) is 4.04. The summed E-state index contributed by atoms with van der Waals surface area (Å²) >= 11 is 0. The van der Waals surface area contributed by atoms with E-state index in [1.54, 1.807) is 0 Å². The van der Waals surface area contributed by atoms with Crippen LogP contribution < -0.4 is 0 Å². The maximum atomic E-state index is 12.4. The zero-order chi connectivity index (χ0) is 21.3. The van der Waals surface area contributed by atoms with Gasteiger partial charge in [0.25, 0.3) is 0 Å². The first-order chi connectivity index (χ1) is 14.3. The summed E-state index contributed by atoms with van der Waals surface area (Å²) in [5, 5.41) is 2.39. The maximum Gasteiger partial charge on any atom is 0.410 e. The summed E-state index contributed by atoms with van der Waals surface area (Å²) in [6.45, 7) is 9.22. The Labute approximate surface area is 178 Å². The molecular weight excluding hydrogens is 372 g/mol. The molecular formula is C26H30N2O2. The van der Waals surface area contributed by atoms with Crippen LogP contribution in [0.2, 0.25) is 0 Å².